The highest BCUT2D eigenvalue weighted by atomic mass is 16.3. The second-order valence-electron chi connectivity index (χ2n) is 4.67. The molecule has 0 aliphatic heterocycles. The second kappa shape index (κ2) is 5.86. The van der Waals surface area contributed by atoms with Crippen molar-refractivity contribution in [2.24, 2.45) is 5.41 Å². The fourth-order valence-electron chi connectivity index (χ4n) is 2.13. The highest BCUT2D eigenvalue weighted by molar-refractivity contribution is 5.85. The summed E-state index contributed by atoms with van der Waals surface area (Å²) in [5.41, 5.74) is -0.861. The van der Waals surface area contributed by atoms with E-state index in [2.05, 4.69) is 11.4 Å². The Kier molecular flexibility index (Phi) is 4.75. The van der Waals surface area contributed by atoms with Gasteiger partial charge < -0.3 is 10.4 Å². The van der Waals surface area contributed by atoms with Crippen LogP contribution in [0.1, 0.15) is 45.4 Å². The molecule has 90 valence electrons. The van der Waals surface area contributed by atoms with Gasteiger partial charge in [-0.1, -0.05) is 25.7 Å². The minimum atomic E-state index is -0.861. The van der Waals surface area contributed by atoms with Gasteiger partial charge >= 0.3 is 0 Å². The quantitative estimate of drug-likeness (QED) is 0.711. The van der Waals surface area contributed by atoms with E-state index in [1.807, 2.05) is 0 Å². The van der Waals surface area contributed by atoms with E-state index in [0.717, 1.165) is 25.7 Å². The Morgan fingerprint density at radius 2 is 2.00 bits per heavy atom. The minimum absolute atomic E-state index is 0.0900. The summed E-state index contributed by atoms with van der Waals surface area (Å²) in [7, 11) is 0. The summed E-state index contributed by atoms with van der Waals surface area (Å²) in [5.74, 6) is -0.210. The van der Waals surface area contributed by atoms with E-state index < -0.39 is 5.41 Å². The fraction of sp³-hybridized carbons (Fsp3) is 0.833. The molecule has 0 aromatic carbocycles. The van der Waals surface area contributed by atoms with Crippen LogP contribution >= 0.6 is 0 Å². The number of aliphatic hydroxyl groups excluding tert-OH is 1. The van der Waals surface area contributed by atoms with Crippen LogP contribution in [0.25, 0.3) is 0 Å². The Morgan fingerprint density at radius 1 is 1.44 bits per heavy atom. The lowest BCUT2D eigenvalue weighted by Gasteiger charge is -2.25. The third-order valence-corrected chi connectivity index (χ3v) is 3.26. The van der Waals surface area contributed by atoms with Gasteiger partial charge in [-0.25, -0.2) is 0 Å². The van der Waals surface area contributed by atoms with E-state index in [1.54, 1.807) is 6.92 Å². The van der Waals surface area contributed by atoms with Crippen molar-refractivity contribution in [1.29, 1.82) is 5.26 Å². The Balaban J connectivity index is 2.70. The Morgan fingerprint density at radius 3 is 2.44 bits per heavy atom. The molecule has 0 aromatic rings. The van der Waals surface area contributed by atoms with Crippen LogP contribution in [0.5, 0.6) is 0 Å². The molecule has 1 saturated carbocycles. The van der Waals surface area contributed by atoms with Gasteiger partial charge in [-0.05, 0) is 19.8 Å². The fourth-order valence-corrected chi connectivity index (χ4v) is 2.13. The standard InChI is InChI=1S/C12H20N2O2/c1-10(8-15)14-11(16)12(9-13)6-4-2-3-5-7-12/h10,15H,2-8H2,1H3,(H,14,16)/t10-/m1/s1. The van der Waals surface area contributed by atoms with Crippen LogP contribution in [-0.4, -0.2) is 23.7 Å². The van der Waals surface area contributed by atoms with Crippen molar-refractivity contribution in [1.82, 2.24) is 5.32 Å². The molecule has 0 aromatic heterocycles. The maximum atomic E-state index is 12.0. The molecular formula is C12H20N2O2. The van der Waals surface area contributed by atoms with Gasteiger partial charge in [-0.3, -0.25) is 4.79 Å². The monoisotopic (exact) mass is 224 g/mol. The third kappa shape index (κ3) is 2.96. The van der Waals surface area contributed by atoms with E-state index in [4.69, 9.17) is 5.11 Å². The summed E-state index contributed by atoms with van der Waals surface area (Å²) in [6.45, 7) is 1.65. The SMILES string of the molecule is C[C@H](CO)NC(=O)C1(C#N)CCCCCC1. The zero-order chi connectivity index (χ0) is 12.0. The van der Waals surface area contributed by atoms with Crippen LogP contribution < -0.4 is 5.32 Å². The van der Waals surface area contributed by atoms with Gasteiger partial charge in [0.25, 0.3) is 0 Å². The number of hydrogen-bond donors (Lipinski definition) is 2. The maximum absolute atomic E-state index is 12.0. The van der Waals surface area contributed by atoms with E-state index in [9.17, 15) is 10.1 Å². The predicted molar refractivity (Wildman–Crippen MR) is 60.4 cm³/mol. The number of rotatable bonds is 3. The van der Waals surface area contributed by atoms with E-state index in [0.29, 0.717) is 12.8 Å². The van der Waals surface area contributed by atoms with Gasteiger partial charge in [0.15, 0.2) is 0 Å². The molecule has 1 rings (SSSR count). The van der Waals surface area contributed by atoms with Crippen molar-refractivity contribution in [2.75, 3.05) is 6.61 Å². The molecule has 1 amide bonds. The smallest absolute Gasteiger partial charge is 0.240 e. The summed E-state index contributed by atoms with van der Waals surface area (Å²) < 4.78 is 0. The van der Waals surface area contributed by atoms with Crippen LogP contribution in [0.2, 0.25) is 0 Å². The molecule has 0 saturated heterocycles. The molecule has 0 bridgehead atoms. The average molecular weight is 224 g/mol. The number of nitriles is 1. The number of hydrogen-bond acceptors (Lipinski definition) is 3. The molecule has 2 N–H and O–H groups in total. The zero-order valence-corrected chi connectivity index (χ0v) is 9.83. The molecule has 16 heavy (non-hydrogen) atoms. The van der Waals surface area contributed by atoms with Crippen LogP contribution in [0, 0.1) is 16.7 Å². The summed E-state index contributed by atoms with van der Waals surface area (Å²) in [6.07, 6.45) is 5.38. The summed E-state index contributed by atoms with van der Waals surface area (Å²) in [4.78, 5) is 12.0. The molecule has 1 aliphatic rings. The number of amides is 1. The first-order valence-corrected chi connectivity index (χ1v) is 5.98. The highest BCUT2D eigenvalue weighted by Gasteiger charge is 2.39. The molecule has 0 radical (unpaired) electrons. The Bertz CT molecular complexity index is 275. The molecule has 1 atom stereocenters. The number of aliphatic hydroxyl groups is 1. The van der Waals surface area contributed by atoms with Crippen LogP contribution in [0.3, 0.4) is 0 Å². The van der Waals surface area contributed by atoms with Crippen molar-refractivity contribution < 1.29 is 9.90 Å². The van der Waals surface area contributed by atoms with Crippen LogP contribution in [0.15, 0.2) is 0 Å². The van der Waals surface area contributed by atoms with Crippen LogP contribution in [0.4, 0.5) is 0 Å². The van der Waals surface area contributed by atoms with Gasteiger partial charge in [0.1, 0.15) is 5.41 Å². The molecule has 0 unspecified atom stereocenters. The van der Waals surface area contributed by atoms with Crippen molar-refractivity contribution >= 4 is 5.91 Å². The normalized spacial score (nSPS) is 21.6. The lowest BCUT2D eigenvalue weighted by molar-refractivity contribution is -0.129. The Labute approximate surface area is 96.6 Å². The topological polar surface area (TPSA) is 73.1 Å². The summed E-state index contributed by atoms with van der Waals surface area (Å²) in [5, 5.41) is 20.9. The first kappa shape index (κ1) is 13.0. The van der Waals surface area contributed by atoms with Gasteiger partial charge in [-0.2, -0.15) is 5.26 Å². The molecule has 1 fully saturated rings. The van der Waals surface area contributed by atoms with Crippen molar-refractivity contribution in [2.45, 2.75) is 51.5 Å². The van der Waals surface area contributed by atoms with Crippen molar-refractivity contribution in [3.63, 3.8) is 0 Å². The van der Waals surface area contributed by atoms with Gasteiger partial charge in [-0.15, -0.1) is 0 Å². The number of carbonyl (C=O) groups is 1. The number of nitrogens with one attached hydrogen (secondary N) is 1. The van der Waals surface area contributed by atoms with E-state index in [1.165, 1.54) is 0 Å². The molecule has 4 heteroatoms. The summed E-state index contributed by atoms with van der Waals surface area (Å²) >= 11 is 0. The van der Waals surface area contributed by atoms with Crippen molar-refractivity contribution in [3.8, 4) is 6.07 Å². The Hall–Kier alpha value is -1.08. The lowest BCUT2D eigenvalue weighted by atomic mass is 9.81. The molecule has 1 aliphatic carbocycles. The molecule has 0 heterocycles. The highest BCUT2D eigenvalue weighted by Crippen LogP contribution is 2.34. The van der Waals surface area contributed by atoms with Crippen LogP contribution in [-0.2, 0) is 4.79 Å². The minimum Gasteiger partial charge on any atom is -0.394 e. The summed E-state index contributed by atoms with van der Waals surface area (Å²) in [6, 6.07) is 1.92. The maximum Gasteiger partial charge on any atom is 0.240 e. The van der Waals surface area contributed by atoms with Crippen molar-refractivity contribution in [3.05, 3.63) is 0 Å². The predicted octanol–water partition coefficient (Wildman–Crippen LogP) is 1.35. The molecular weight excluding hydrogens is 204 g/mol. The number of nitrogens with zero attached hydrogens (tertiary/aromatic N) is 1. The largest absolute Gasteiger partial charge is 0.394 e. The third-order valence-electron chi connectivity index (χ3n) is 3.26. The molecule has 0 spiro atoms. The second-order valence-corrected chi connectivity index (χ2v) is 4.67. The average Bonchev–Trinajstić information content (AvgIpc) is 2.54. The first-order chi connectivity index (χ1) is 7.64. The first-order valence-electron chi connectivity index (χ1n) is 5.98. The zero-order valence-electron chi connectivity index (χ0n) is 9.83. The van der Waals surface area contributed by atoms with Gasteiger partial charge in [0.05, 0.1) is 12.7 Å². The van der Waals surface area contributed by atoms with E-state index >= 15 is 0 Å². The van der Waals surface area contributed by atoms with Gasteiger partial charge in [0, 0.05) is 6.04 Å². The lowest BCUT2D eigenvalue weighted by Crippen LogP contribution is -2.45. The molecule has 4 nitrogen and oxygen atoms in total. The number of carbonyl (C=O) groups excluding carboxylic acids is 1. The van der Waals surface area contributed by atoms with E-state index in [-0.39, 0.29) is 18.6 Å². The van der Waals surface area contributed by atoms with Gasteiger partial charge in [0.2, 0.25) is 5.91 Å².